The maximum absolute atomic E-state index is 4.27. The molecule has 1 aliphatic carbocycles. The van der Waals surface area contributed by atoms with Crippen LogP contribution in [0.4, 0.5) is 0 Å². The molecule has 1 rings (SSSR count). The molecule has 72 valence electrons. The Morgan fingerprint density at radius 2 is 2.08 bits per heavy atom. The van der Waals surface area contributed by atoms with Crippen LogP contribution in [0.5, 0.6) is 0 Å². The number of hydrogen-bond donors (Lipinski definition) is 1. The van der Waals surface area contributed by atoms with Gasteiger partial charge in [-0.15, -0.1) is 0 Å². The van der Waals surface area contributed by atoms with Gasteiger partial charge in [-0.3, -0.25) is 0 Å². The Balaban J connectivity index is 2.29. The molecule has 0 N–H and O–H groups in total. The molecule has 0 radical (unpaired) electrons. The van der Waals surface area contributed by atoms with Gasteiger partial charge in [0.15, 0.2) is 0 Å². The summed E-state index contributed by atoms with van der Waals surface area (Å²) in [7, 11) is 0. The molecular weight excluding hydrogens is 186 g/mol. The van der Waals surface area contributed by atoms with Gasteiger partial charge >= 0.3 is 0 Å². The largest absolute Gasteiger partial charge is 0.247 e. The van der Waals surface area contributed by atoms with E-state index in [0.717, 1.165) is 11.1 Å². The van der Waals surface area contributed by atoms with Gasteiger partial charge in [-0.2, -0.15) is 12.6 Å². The summed E-state index contributed by atoms with van der Waals surface area (Å²) in [5.41, 5.74) is 0. The van der Waals surface area contributed by atoms with Gasteiger partial charge in [0.25, 0.3) is 0 Å². The minimum Gasteiger partial charge on any atom is -0.247 e. The van der Waals surface area contributed by atoms with E-state index in [4.69, 9.17) is 0 Å². The van der Waals surface area contributed by atoms with Crippen molar-refractivity contribution in [1.29, 1.82) is 0 Å². The van der Waals surface area contributed by atoms with Crippen molar-refractivity contribution in [3.8, 4) is 0 Å². The first-order valence-corrected chi connectivity index (χ1v) is 6.46. The second-order valence-electron chi connectivity index (χ2n) is 3.34. The number of thiol groups is 1. The van der Waals surface area contributed by atoms with Gasteiger partial charge in [0.05, 0.1) is 5.08 Å². The summed E-state index contributed by atoms with van der Waals surface area (Å²) in [6.07, 6.45) is 6.93. The van der Waals surface area contributed by atoms with Crippen molar-refractivity contribution in [2.75, 3.05) is 11.6 Å². The summed E-state index contributed by atoms with van der Waals surface area (Å²) in [4.78, 5) is 0. The van der Waals surface area contributed by atoms with E-state index in [2.05, 4.69) is 23.9 Å². The van der Waals surface area contributed by atoms with E-state index in [1.165, 1.54) is 38.6 Å². The van der Waals surface area contributed by atoms with E-state index >= 15 is 0 Å². The van der Waals surface area contributed by atoms with Gasteiger partial charge in [-0.1, -0.05) is 31.7 Å². The van der Waals surface area contributed by atoms with Crippen molar-refractivity contribution in [2.45, 2.75) is 45.1 Å². The van der Waals surface area contributed by atoms with Crippen LogP contribution in [0.1, 0.15) is 39.0 Å². The molecule has 1 aliphatic rings. The molecule has 3 heteroatoms. The standard InChI is InChI=1S/C9H19NS2/c1-2-7-10(12-8-11)9-5-3-4-6-9/h9,11H,2-8H2,1H3. The first-order valence-electron chi connectivity index (χ1n) is 4.89. The van der Waals surface area contributed by atoms with Crippen LogP contribution in [0.25, 0.3) is 0 Å². The van der Waals surface area contributed by atoms with Crippen molar-refractivity contribution in [3.63, 3.8) is 0 Å². The van der Waals surface area contributed by atoms with Crippen LogP contribution in [0, 0.1) is 0 Å². The Bertz CT molecular complexity index is 107. The molecule has 0 atom stereocenters. The number of nitrogens with zero attached hydrogens (tertiary/aromatic N) is 1. The zero-order chi connectivity index (χ0) is 8.81. The topological polar surface area (TPSA) is 3.24 Å². The molecule has 0 bridgehead atoms. The summed E-state index contributed by atoms with van der Waals surface area (Å²) >= 11 is 6.16. The second-order valence-corrected chi connectivity index (χ2v) is 5.10. The van der Waals surface area contributed by atoms with E-state index < -0.39 is 0 Å². The van der Waals surface area contributed by atoms with E-state index in [0.29, 0.717) is 0 Å². The van der Waals surface area contributed by atoms with Crippen molar-refractivity contribution in [2.24, 2.45) is 0 Å². The molecule has 0 unspecified atom stereocenters. The predicted octanol–water partition coefficient (Wildman–Crippen LogP) is 3.18. The number of hydrogen-bond acceptors (Lipinski definition) is 3. The van der Waals surface area contributed by atoms with Crippen molar-refractivity contribution >= 4 is 24.6 Å². The Kier molecular flexibility index (Phi) is 5.52. The van der Waals surface area contributed by atoms with Crippen LogP contribution in [-0.4, -0.2) is 22.0 Å². The van der Waals surface area contributed by atoms with Crippen LogP contribution >= 0.6 is 24.6 Å². The molecule has 0 amide bonds. The average molecular weight is 205 g/mol. The van der Waals surface area contributed by atoms with E-state index in [1.54, 1.807) is 0 Å². The number of rotatable bonds is 5. The summed E-state index contributed by atoms with van der Waals surface area (Å²) in [5, 5.41) is 0.927. The van der Waals surface area contributed by atoms with Gasteiger partial charge in [0, 0.05) is 12.6 Å². The van der Waals surface area contributed by atoms with Gasteiger partial charge in [0.1, 0.15) is 0 Å². The molecular formula is C9H19NS2. The molecule has 0 aromatic heterocycles. The highest BCUT2D eigenvalue weighted by molar-refractivity contribution is 8.07. The third-order valence-electron chi connectivity index (χ3n) is 2.40. The van der Waals surface area contributed by atoms with E-state index in [-0.39, 0.29) is 0 Å². The Morgan fingerprint density at radius 3 is 2.58 bits per heavy atom. The average Bonchev–Trinajstić information content (AvgIpc) is 2.56. The van der Waals surface area contributed by atoms with Crippen molar-refractivity contribution < 1.29 is 0 Å². The Morgan fingerprint density at radius 1 is 1.42 bits per heavy atom. The molecule has 0 aliphatic heterocycles. The fourth-order valence-electron chi connectivity index (χ4n) is 1.84. The lowest BCUT2D eigenvalue weighted by Gasteiger charge is -2.26. The lowest BCUT2D eigenvalue weighted by atomic mass is 10.2. The summed E-state index contributed by atoms with van der Waals surface area (Å²) in [6.45, 7) is 3.48. The van der Waals surface area contributed by atoms with Crippen molar-refractivity contribution in [3.05, 3.63) is 0 Å². The van der Waals surface area contributed by atoms with Crippen LogP contribution < -0.4 is 0 Å². The lowest BCUT2D eigenvalue weighted by Crippen LogP contribution is -2.27. The molecule has 1 fully saturated rings. The zero-order valence-electron chi connectivity index (χ0n) is 7.83. The first-order chi connectivity index (χ1) is 5.88. The van der Waals surface area contributed by atoms with Gasteiger partial charge < -0.3 is 0 Å². The van der Waals surface area contributed by atoms with Gasteiger partial charge in [-0.25, -0.2) is 4.31 Å². The second kappa shape index (κ2) is 6.17. The monoisotopic (exact) mass is 205 g/mol. The zero-order valence-corrected chi connectivity index (χ0v) is 9.54. The van der Waals surface area contributed by atoms with E-state index in [9.17, 15) is 0 Å². The SMILES string of the molecule is CCCN(SCS)C1CCCC1. The van der Waals surface area contributed by atoms with Crippen molar-refractivity contribution in [1.82, 2.24) is 4.31 Å². The predicted molar refractivity (Wildman–Crippen MR) is 60.7 cm³/mol. The molecule has 0 spiro atoms. The fraction of sp³-hybridized carbons (Fsp3) is 1.00. The first kappa shape index (κ1) is 10.7. The molecule has 0 saturated heterocycles. The third-order valence-corrected chi connectivity index (χ3v) is 3.67. The smallest absolute Gasteiger partial charge is 0.0509 e. The van der Waals surface area contributed by atoms with E-state index in [1.807, 2.05) is 11.9 Å². The highest BCUT2D eigenvalue weighted by Gasteiger charge is 2.21. The molecule has 1 nitrogen and oxygen atoms in total. The minimum absolute atomic E-state index is 0.849. The van der Waals surface area contributed by atoms with Crippen LogP contribution in [0.15, 0.2) is 0 Å². The van der Waals surface area contributed by atoms with Crippen LogP contribution in [-0.2, 0) is 0 Å². The van der Waals surface area contributed by atoms with Gasteiger partial charge in [0.2, 0.25) is 0 Å². The molecule has 0 heterocycles. The maximum atomic E-state index is 4.27. The van der Waals surface area contributed by atoms with Gasteiger partial charge in [-0.05, 0) is 19.3 Å². The maximum Gasteiger partial charge on any atom is 0.0509 e. The highest BCUT2D eigenvalue weighted by Crippen LogP contribution is 2.28. The summed E-state index contributed by atoms with van der Waals surface area (Å²) in [5.74, 6) is 0. The molecule has 12 heavy (non-hydrogen) atoms. The lowest BCUT2D eigenvalue weighted by molar-refractivity contribution is 0.357. The molecule has 1 saturated carbocycles. The van der Waals surface area contributed by atoms with Crippen LogP contribution in [0.2, 0.25) is 0 Å². The third kappa shape index (κ3) is 3.19. The highest BCUT2D eigenvalue weighted by atomic mass is 32.2. The summed E-state index contributed by atoms with van der Waals surface area (Å²) in [6, 6.07) is 0.849. The Labute approximate surface area is 85.8 Å². The van der Waals surface area contributed by atoms with Crippen LogP contribution in [0.3, 0.4) is 0 Å². The summed E-state index contributed by atoms with van der Waals surface area (Å²) < 4.78 is 2.54. The fourth-order valence-corrected chi connectivity index (χ4v) is 3.17. The normalized spacial score (nSPS) is 19.2. The molecule has 0 aromatic carbocycles. The Hall–Kier alpha value is 0.660. The molecule has 0 aromatic rings. The quantitative estimate of drug-likeness (QED) is 0.417. The minimum atomic E-state index is 0.849.